The minimum Gasteiger partial charge on any atom is -0.481 e. The molecule has 0 saturated heterocycles. The predicted octanol–water partition coefficient (Wildman–Crippen LogP) is 2.33. The van der Waals surface area contributed by atoms with Crippen LogP contribution in [0.2, 0.25) is 0 Å². The highest BCUT2D eigenvalue weighted by Gasteiger charge is 2.35. The molecule has 1 aliphatic carbocycles. The van der Waals surface area contributed by atoms with Gasteiger partial charge in [0.1, 0.15) is 5.82 Å². The first-order valence-corrected chi connectivity index (χ1v) is 6.83. The van der Waals surface area contributed by atoms with E-state index < -0.39 is 17.8 Å². The summed E-state index contributed by atoms with van der Waals surface area (Å²) in [7, 11) is 0. The van der Waals surface area contributed by atoms with Gasteiger partial charge in [0.25, 0.3) is 0 Å². The van der Waals surface area contributed by atoms with Gasteiger partial charge < -0.3 is 10.4 Å². The number of amides is 1. The van der Waals surface area contributed by atoms with Crippen LogP contribution in [0.3, 0.4) is 0 Å². The molecule has 4 nitrogen and oxygen atoms in total. The number of carbonyl (C=O) groups excluding carboxylic acids is 1. The van der Waals surface area contributed by atoms with Gasteiger partial charge in [0.2, 0.25) is 5.91 Å². The Morgan fingerprint density at radius 2 is 1.85 bits per heavy atom. The molecule has 1 amide bonds. The average molecular weight is 279 g/mol. The molecule has 1 aliphatic rings. The van der Waals surface area contributed by atoms with Gasteiger partial charge in [-0.15, -0.1) is 0 Å². The van der Waals surface area contributed by atoms with E-state index in [0.29, 0.717) is 18.4 Å². The standard InChI is InChI=1S/C15H18FNO3/c16-13-8-4-1-5-10(13)9-17-14(18)11-6-2-3-7-12(11)15(19)20/h1,4-5,8,11-12H,2-3,6-7,9H2,(H,17,18)(H,19,20)/t11-,12-/m0/s1. The first-order chi connectivity index (χ1) is 9.59. The zero-order chi connectivity index (χ0) is 14.5. The second-order valence-corrected chi connectivity index (χ2v) is 5.14. The molecule has 20 heavy (non-hydrogen) atoms. The van der Waals surface area contributed by atoms with E-state index >= 15 is 0 Å². The Morgan fingerprint density at radius 1 is 1.20 bits per heavy atom. The molecule has 1 fully saturated rings. The van der Waals surface area contributed by atoms with Crippen LogP contribution in [0.5, 0.6) is 0 Å². The van der Waals surface area contributed by atoms with Gasteiger partial charge in [0.05, 0.1) is 11.8 Å². The van der Waals surface area contributed by atoms with Crippen LogP contribution in [0.4, 0.5) is 4.39 Å². The fourth-order valence-corrected chi connectivity index (χ4v) is 2.70. The zero-order valence-corrected chi connectivity index (χ0v) is 11.1. The van der Waals surface area contributed by atoms with Crippen molar-refractivity contribution in [2.45, 2.75) is 32.2 Å². The summed E-state index contributed by atoms with van der Waals surface area (Å²) in [6.45, 7) is 0.0916. The van der Waals surface area contributed by atoms with Crippen LogP contribution in [-0.4, -0.2) is 17.0 Å². The molecule has 2 atom stereocenters. The van der Waals surface area contributed by atoms with Crippen LogP contribution in [0.15, 0.2) is 24.3 Å². The van der Waals surface area contributed by atoms with Gasteiger partial charge in [-0.05, 0) is 18.9 Å². The van der Waals surface area contributed by atoms with E-state index in [1.807, 2.05) is 0 Å². The lowest BCUT2D eigenvalue weighted by Crippen LogP contribution is -2.39. The van der Waals surface area contributed by atoms with Crippen molar-refractivity contribution in [3.8, 4) is 0 Å². The van der Waals surface area contributed by atoms with Crippen molar-refractivity contribution in [1.29, 1.82) is 0 Å². The van der Waals surface area contributed by atoms with Crippen molar-refractivity contribution in [1.82, 2.24) is 5.32 Å². The fraction of sp³-hybridized carbons (Fsp3) is 0.467. The van der Waals surface area contributed by atoms with Crippen LogP contribution in [0.1, 0.15) is 31.2 Å². The lowest BCUT2D eigenvalue weighted by Gasteiger charge is -2.27. The Kier molecular flexibility index (Phi) is 4.71. The number of carboxylic acid groups (broad SMARTS) is 1. The largest absolute Gasteiger partial charge is 0.481 e. The first kappa shape index (κ1) is 14.5. The lowest BCUT2D eigenvalue weighted by atomic mass is 9.78. The van der Waals surface area contributed by atoms with E-state index in [2.05, 4.69) is 5.32 Å². The molecule has 0 heterocycles. The summed E-state index contributed by atoms with van der Waals surface area (Å²) in [5.74, 6) is -2.71. The molecule has 0 radical (unpaired) electrons. The van der Waals surface area contributed by atoms with Crippen LogP contribution in [-0.2, 0) is 16.1 Å². The maximum Gasteiger partial charge on any atom is 0.307 e. The number of carbonyl (C=O) groups is 2. The molecule has 108 valence electrons. The third-order valence-electron chi connectivity index (χ3n) is 3.83. The van der Waals surface area contributed by atoms with E-state index in [-0.39, 0.29) is 18.3 Å². The van der Waals surface area contributed by atoms with Gasteiger partial charge >= 0.3 is 5.97 Å². The third kappa shape index (κ3) is 3.35. The molecule has 1 aromatic carbocycles. The second kappa shape index (κ2) is 6.50. The van der Waals surface area contributed by atoms with E-state index in [1.54, 1.807) is 18.2 Å². The predicted molar refractivity (Wildman–Crippen MR) is 71.3 cm³/mol. The molecule has 2 N–H and O–H groups in total. The van der Waals surface area contributed by atoms with Gasteiger partial charge in [-0.1, -0.05) is 31.0 Å². The molecule has 0 spiro atoms. The van der Waals surface area contributed by atoms with E-state index in [9.17, 15) is 14.0 Å². The average Bonchev–Trinajstić information content (AvgIpc) is 2.46. The van der Waals surface area contributed by atoms with Gasteiger partial charge in [-0.25, -0.2) is 4.39 Å². The highest BCUT2D eigenvalue weighted by Crippen LogP contribution is 2.30. The molecule has 1 saturated carbocycles. The van der Waals surface area contributed by atoms with Gasteiger partial charge in [0.15, 0.2) is 0 Å². The van der Waals surface area contributed by atoms with E-state index in [0.717, 1.165) is 12.8 Å². The van der Waals surface area contributed by atoms with E-state index in [1.165, 1.54) is 6.07 Å². The molecule has 1 aromatic rings. The van der Waals surface area contributed by atoms with Crippen LogP contribution < -0.4 is 5.32 Å². The molecule has 2 rings (SSSR count). The SMILES string of the molecule is O=C(O)[C@H]1CCCC[C@@H]1C(=O)NCc1ccccc1F. The number of hydrogen-bond acceptors (Lipinski definition) is 2. The Bertz CT molecular complexity index is 504. The fourth-order valence-electron chi connectivity index (χ4n) is 2.70. The number of nitrogens with one attached hydrogen (secondary N) is 1. The summed E-state index contributed by atoms with van der Waals surface area (Å²) in [5.41, 5.74) is 0.406. The Balaban J connectivity index is 1.97. The summed E-state index contributed by atoms with van der Waals surface area (Å²) in [6.07, 6.45) is 2.82. The quantitative estimate of drug-likeness (QED) is 0.889. The van der Waals surface area contributed by atoms with Gasteiger partial charge in [-0.3, -0.25) is 9.59 Å². The van der Waals surface area contributed by atoms with Crippen molar-refractivity contribution in [3.05, 3.63) is 35.6 Å². The van der Waals surface area contributed by atoms with Crippen LogP contribution >= 0.6 is 0 Å². The zero-order valence-electron chi connectivity index (χ0n) is 11.1. The Morgan fingerprint density at radius 3 is 2.50 bits per heavy atom. The van der Waals surface area contributed by atoms with Gasteiger partial charge in [-0.2, -0.15) is 0 Å². The van der Waals surface area contributed by atoms with Crippen molar-refractivity contribution in [2.75, 3.05) is 0 Å². The summed E-state index contributed by atoms with van der Waals surface area (Å²) >= 11 is 0. The molecule has 0 bridgehead atoms. The number of aliphatic carboxylic acids is 1. The lowest BCUT2D eigenvalue weighted by molar-refractivity contribution is -0.148. The number of hydrogen-bond donors (Lipinski definition) is 2. The first-order valence-electron chi connectivity index (χ1n) is 6.83. The summed E-state index contributed by atoms with van der Waals surface area (Å²) in [4.78, 5) is 23.3. The highest BCUT2D eigenvalue weighted by molar-refractivity contribution is 5.84. The summed E-state index contributed by atoms with van der Waals surface area (Å²) in [5, 5.41) is 11.8. The van der Waals surface area contributed by atoms with Crippen LogP contribution in [0, 0.1) is 17.7 Å². The molecule has 0 aliphatic heterocycles. The molecule has 0 unspecified atom stereocenters. The maximum absolute atomic E-state index is 13.4. The summed E-state index contributed by atoms with van der Waals surface area (Å²) in [6, 6.07) is 6.22. The van der Waals surface area contributed by atoms with Crippen molar-refractivity contribution >= 4 is 11.9 Å². The molecular weight excluding hydrogens is 261 g/mol. The topological polar surface area (TPSA) is 66.4 Å². The van der Waals surface area contributed by atoms with E-state index in [4.69, 9.17) is 5.11 Å². The van der Waals surface area contributed by atoms with Crippen molar-refractivity contribution < 1.29 is 19.1 Å². The number of rotatable bonds is 4. The van der Waals surface area contributed by atoms with Gasteiger partial charge in [0, 0.05) is 12.1 Å². The third-order valence-corrected chi connectivity index (χ3v) is 3.83. The molecule has 0 aromatic heterocycles. The van der Waals surface area contributed by atoms with Crippen molar-refractivity contribution in [2.24, 2.45) is 11.8 Å². The monoisotopic (exact) mass is 279 g/mol. The minimum atomic E-state index is -0.921. The molecule has 5 heteroatoms. The van der Waals surface area contributed by atoms with Crippen molar-refractivity contribution in [3.63, 3.8) is 0 Å². The highest BCUT2D eigenvalue weighted by atomic mass is 19.1. The normalized spacial score (nSPS) is 22.2. The second-order valence-electron chi connectivity index (χ2n) is 5.14. The molecular formula is C15H18FNO3. The number of halogens is 1. The maximum atomic E-state index is 13.4. The number of carboxylic acids is 1. The number of benzene rings is 1. The Labute approximate surface area is 117 Å². The smallest absolute Gasteiger partial charge is 0.307 e. The van der Waals surface area contributed by atoms with Crippen LogP contribution in [0.25, 0.3) is 0 Å². The minimum absolute atomic E-state index is 0.0916. The summed E-state index contributed by atoms with van der Waals surface area (Å²) < 4.78 is 13.4. The Hall–Kier alpha value is -1.91.